The van der Waals surface area contributed by atoms with Gasteiger partial charge in [-0.05, 0) is 44.9 Å². The van der Waals surface area contributed by atoms with Crippen molar-refractivity contribution < 1.29 is 33.3 Å². The number of hydrogen-bond acceptors (Lipinski definition) is 9. The second-order valence-electron chi connectivity index (χ2n) is 12.4. The Morgan fingerprint density at radius 2 is 1.72 bits per heavy atom. The van der Waals surface area contributed by atoms with Gasteiger partial charge in [0.05, 0.1) is 32.0 Å². The molecule has 4 rings (SSSR count). The number of rotatable bonds is 9. The van der Waals surface area contributed by atoms with E-state index in [1.54, 1.807) is 41.7 Å². The number of methoxy groups -OCH3 is 2. The summed E-state index contributed by atoms with van der Waals surface area (Å²) in [5.41, 5.74) is 6.52. The third-order valence-electron chi connectivity index (χ3n) is 7.56. The highest BCUT2D eigenvalue weighted by Crippen LogP contribution is 2.37. The minimum atomic E-state index is -1.23. The van der Waals surface area contributed by atoms with Gasteiger partial charge in [0, 0.05) is 29.5 Å². The maximum absolute atomic E-state index is 14.1. The summed E-state index contributed by atoms with van der Waals surface area (Å²) >= 11 is 0. The van der Waals surface area contributed by atoms with E-state index in [2.05, 4.69) is 0 Å². The lowest BCUT2D eigenvalue weighted by molar-refractivity contribution is -0.172. The number of aromatic nitrogens is 1. The Morgan fingerprint density at radius 3 is 2.33 bits per heavy atom. The fraction of sp³-hybridized carbons (Fsp3) is 0.455. The van der Waals surface area contributed by atoms with E-state index in [-0.39, 0.29) is 19.5 Å². The molecule has 1 saturated heterocycles. The molecule has 230 valence electrons. The summed E-state index contributed by atoms with van der Waals surface area (Å²) in [6.07, 6.45) is -0.409. The number of carbonyl (C=O) groups excluding carboxylic acids is 3. The Balaban J connectivity index is 1.71. The predicted molar refractivity (Wildman–Crippen MR) is 162 cm³/mol. The first-order valence-corrected chi connectivity index (χ1v) is 14.3. The molecule has 3 unspecified atom stereocenters. The molecule has 0 bridgehead atoms. The largest absolute Gasteiger partial charge is 0.497 e. The lowest BCUT2D eigenvalue weighted by Gasteiger charge is -2.36. The van der Waals surface area contributed by atoms with Gasteiger partial charge in [-0.3, -0.25) is 9.59 Å². The van der Waals surface area contributed by atoms with Crippen LogP contribution in [0.1, 0.15) is 41.0 Å². The van der Waals surface area contributed by atoms with E-state index in [0.717, 1.165) is 10.9 Å². The van der Waals surface area contributed by atoms with E-state index in [9.17, 15) is 14.4 Å². The predicted octanol–water partition coefficient (Wildman–Crippen LogP) is 4.37. The molecule has 1 fully saturated rings. The van der Waals surface area contributed by atoms with Crippen molar-refractivity contribution in [1.82, 2.24) is 9.88 Å². The van der Waals surface area contributed by atoms with Gasteiger partial charge >= 0.3 is 11.9 Å². The lowest BCUT2D eigenvalue weighted by atomic mass is 9.77. The summed E-state index contributed by atoms with van der Waals surface area (Å²) in [7, 11) is 2.86. The maximum atomic E-state index is 14.1. The van der Waals surface area contributed by atoms with Gasteiger partial charge in [-0.2, -0.15) is 0 Å². The topological polar surface area (TPSA) is 130 Å². The molecule has 0 spiro atoms. The molecule has 10 nitrogen and oxygen atoms in total. The number of nitrogens with two attached hydrogens (primary N) is 1. The van der Waals surface area contributed by atoms with Gasteiger partial charge in [0.2, 0.25) is 5.91 Å². The van der Waals surface area contributed by atoms with E-state index in [1.165, 1.54) is 12.0 Å². The first-order valence-electron chi connectivity index (χ1n) is 14.3. The standard InChI is InChI=1S/C33H41N3O7/c1-32(2,3)43-31(39)28(33(4,5)19-34)29(37)36-18-22(16-26(36)30(38)41-7)42-27-17-24(20-11-9-8-10-12-20)35-25-15-21(40-6)13-14-23(25)27/h8-15,17,22,26,28H,16,18-19,34H2,1-7H3. The molecule has 0 aliphatic carbocycles. The molecule has 0 saturated carbocycles. The van der Waals surface area contributed by atoms with E-state index in [1.807, 2.05) is 54.6 Å². The van der Waals surface area contributed by atoms with E-state index >= 15 is 0 Å². The van der Waals surface area contributed by atoms with Crippen LogP contribution in [0.25, 0.3) is 22.2 Å². The van der Waals surface area contributed by atoms with Crippen molar-refractivity contribution in [3.8, 4) is 22.8 Å². The summed E-state index contributed by atoms with van der Waals surface area (Å²) in [5.74, 6) is -1.89. The summed E-state index contributed by atoms with van der Waals surface area (Å²) < 4.78 is 22.7. The van der Waals surface area contributed by atoms with Crippen LogP contribution in [0.3, 0.4) is 0 Å². The molecule has 2 N–H and O–H groups in total. The molecular weight excluding hydrogens is 550 g/mol. The van der Waals surface area contributed by atoms with Crippen molar-refractivity contribution in [1.29, 1.82) is 0 Å². The highest BCUT2D eigenvalue weighted by molar-refractivity contribution is 6.00. The van der Waals surface area contributed by atoms with Gasteiger partial charge in [-0.25, -0.2) is 9.78 Å². The zero-order valence-electron chi connectivity index (χ0n) is 25.9. The maximum Gasteiger partial charge on any atom is 0.328 e. The number of esters is 2. The number of nitrogens with zero attached hydrogens (tertiary/aromatic N) is 2. The highest BCUT2D eigenvalue weighted by Gasteiger charge is 2.50. The smallest absolute Gasteiger partial charge is 0.328 e. The average Bonchev–Trinajstić information content (AvgIpc) is 3.39. The molecule has 0 radical (unpaired) electrons. The van der Waals surface area contributed by atoms with Crippen LogP contribution in [0.4, 0.5) is 0 Å². The third kappa shape index (κ3) is 7.07. The molecule has 2 aromatic carbocycles. The van der Waals surface area contributed by atoms with Gasteiger partial charge in [-0.15, -0.1) is 0 Å². The summed E-state index contributed by atoms with van der Waals surface area (Å²) in [5, 5.41) is 0.746. The van der Waals surface area contributed by atoms with Crippen molar-refractivity contribution in [2.45, 2.75) is 58.8 Å². The third-order valence-corrected chi connectivity index (χ3v) is 7.56. The van der Waals surface area contributed by atoms with E-state index in [0.29, 0.717) is 22.7 Å². The highest BCUT2D eigenvalue weighted by atomic mass is 16.6. The fourth-order valence-electron chi connectivity index (χ4n) is 5.22. The minimum absolute atomic E-state index is 0.0496. The molecule has 1 aromatic heterocycles. The van der Waals surface area contributed by atoms with Crippen LogP contribution in [0.2, 0.25) is 0 Å². The summed E-state index contributed by atoms with van der Waals surface area (Å²) in [6.45, 7) is 8.77. The number of ether oxygens (including phenoxy) is 4. The number of likely N-dealkylation sites (tertiary alicyclic amines) is 1. The molecule has 1 aliphatic rings. The van der Waals surface area contributed by atoms with Crippen molar-refractivity contribution in [2.24, 2.45) is 17.1 Å². The van der Waals surface area contributed by atoms with Crippen LogP contribution in [0.5, 0.6) is 11.5 Å². The van der Waals surface area contributed by atoms with Crippen molar-refractivity contribution >= 4 is 28.7 Å². The van der Waals surface area contributed by atoms with Crippen molar-refractivity contribution in [3.05, 3.63) is 54.6 Å². The van der Waals surface area contributed by atoms with Gasteiger partial charge in [0.25, 0.3) is 0 Å². The van der Waals surface area contributed by atoms with Crippen LogP contribution in [-0.2, 0) is 23.9 Å². The Labute approximate surface area is 252 Å². The SMILES string of the molecule is COC(=O)C1CC(Oc2cc(-c3ccccc3)nc3cc(OC)ccc23)CN1C(=O)C(C(=O)OC(C)(C)C)C(C)(C)CN. The zero-order chi connectivity index (χ0) is 31.5. The second-order valence-corrected chi connectivity index (χ2v) is 12.4. The van der Waals surface area contributed by atoms with Crippen LogP contribution in [-0.4, -0.2) is 72.8 Å². The quantitative estimate of drug-likeness (QED) is 0.285. The van der Waals surface area contributed by atoms with E-state index < -0.39 is 46.9 Å². The van der Waals surface area contributed by atoms with Crippen LogP contribution in [0.15, 0.2) is 54.6 Å². The number of benzene rings is 2. The monoisotopic (exact) mass is 591 g/mol. The van der Waals surface area contributed by atoms with Crippen molar-refractivity contribution in [3.63, 3.8) is 0 Å². The Kier molecular flexibility index (Phi) is 9.29. The Morgan fingerprint density at radius 1 is 1.02 bits per heavy atom. The van der Waals surface area contributed by atoms with Crippen molar-refractivity contribution in [2.75, 3.05) is 27.3 Å². The number of hydrogen-bond donors (Lipinski definition) is 1. The Hall–Kier alpha value is -4.18. The molecule has 1 aliphatic heterocycles. The fourth-order valence-corrected chi connectivity index (χ4v) is 5.22. The minimum Gasteiger partial charge on any atom is -0.497 e. The molecule has 3 aromatic rings. The molecule has 3 atom stereocenters. The number of amides is 1. The van der Waals surface area contributed by atoms with Gasteiger partial charge < -0.3 is 29.6 Å². The normalized spacial score (nSPS) is 17.8. The van der Waals surface area contributed by atoms with Crippen LogP contribution in [0, 0.1) is 11.3 Å². The number of fused-ring (bicyclic) bond motifs is 1. The lowest BCUT2D eigenvalue weighted by Crippen LogP contribution is -2.53. The number of carbonyl (C=O) groups is 3. The average molecular weight is 592 g/mol. The molecule has 43 heavy (non-hydrogen) atoms. The first kappa shape index (κ1) is 31.7. The van der Waals surface area contributed by atoms with Crippen LogP contribution >= 0.6 is 0 Å². The molecular formula is C33H41N3O7. The number of pyridine rings is 1. The van der Waals surface area contributed by atoms with Gasteiger partial charge in [-0.1, -0.05) is 44.2 Å². The molecule has 1 amide bonds. The van der Waals surface area contributed by atoms with E-state index in [4.69, 9.17) is 29.7 Å². The zero-order valence-corrected chi connectivity index (χ0v) is 25.9. The molecule has 10 heteroatoms. The van der Waals surface area contributed by atoms with Gasteiger partial charge in [0.15, 0.2) is 0 Å². The Bertz CT molecular complexity index is 1480. The summed E-state index contributed by atoms with van der Waals surface area (Å²) in [6, 6.07) is 16.1. The van der Waals surface area contributed by atoms with Crippen LogP contribution < -0.4 is 15.2 Å². The second kappa shape index (κ2) is 12.6. The van der Waals surface area contributed by atoms with Gasteiger partial charge in [0.1, 0.15) is 35.2 Å². The summed E-state index contributed by atoms with van der Waals surface area (Å²) in [4.78, 5) is 46.6. The first-order chi connectivity index (χ1) is 20.3. The molecule has 2 heterocycles.